The van der Waals surface area contributed by atoms with E-state index in [4.69, 9.17) is 0 Å². The van der Waals surface area contributed by atoms with Crippen LogP contribution < -0.4 is 0 Å². The third-order valence-electron chi connectivity index (χ3n) is 4.30. The van der Waals surface area contributed by atoms with Crippen molar-refractivity contribution in [2.24, 2.45) is 5.92 Å². The van der Waals surface area contributed by atoms with Gasteiger partial charge in [-0.15, -0.1) is 0 Å². The van der Waals surface area contributed by atoms with E-state index >= 15 is 0 Å². The van der Waals surface area contributed by atoms with Gasteiger partial charge in [0.05, 0.1) is 5.60 Å². The van der Waals surface area contributed by atoms with E-state index in [1.54, 1.807) is 12.1 Å². The standard InChI is InChI=1S/C14H18FNO.Mg.2H/c15-13-4-2-1-3-11(13)9-14(17)10-16-7-5-12(14)6-8-16;;;/h1-4,12,17H,5-10H2;;;/q;+2;2*-1. The van der Waals surface area contributed by atoms with Crippen LogP contribution in [0.5, 0.6) is 0 Å². The fourth-order valence-electron chi connectivity index (χ4n) is 3.32. The molecule has 2 bridgehead atoms. The van der Waals surface area contributed by atoms with Gasteiger partial charge < -0.3 is 12.9 Å². The minimum Gasteiger partial charge on any atom is -1.00 e. The molecule has 0 amide bonds. The SMILES string of the molecule is OC1(Cc2ccccc2F)CN2CCC1CC2.[H-].[H-].[Mg+2]. The number of aliphatic hydroxyl groups is 1. The van der Waals surface area contributed by atoms with Crippen LogP contribution in [0.2, 0.25) is 0 Å². The van der Waals surface area contributed by atoms with E-state index in [0.29, 0.717) is 24.4 Å². The average molecular weight is 262 g/mol. The molecule has 3 aliphatic heterocycles. The third-order valence-corrected chi connectivity index (χ3v) is 4.30. The molecule has 4 heteroatoms. The van der Waals surface area contributed by atoms with Crippen molar-refractivity contribution in [2.45, 2.75) is 24.9 Å². The third kappa shape index (κ3) is 2.57. The minimum absolute atomic E-state index is 0. The van der Waals surface area contributed by atoms with Crippen LogP contribution in [0, 0.1) is 11.7 Å². The fourth-order valence-corrected chi connectivity index (χ4v) is 3.32. The second kappa shape index (κ2) is 5.45. The van der Waals surface area contributed by atoms with Gasteiger partial charge in [-0.3, -0.25) is 0 Å². The predicted molar refractivity (Wildman–Crippen MR) is 72.2 cm³/mol. The van der Waals surface area contributed by atoms with Crippen LogP contribution in [0.3, 0.4) is 0 Å². The summed E-state index contributed by atoms with van der Waals surface area (Å²) < 4.78 is 13.6. The Kier molecular flexibility index (Phi) is 4.31. The molecule has 3 heterocycles. The summed E-state index contributed by atoms with van der Waals surface area (Å²) in [5.41, 5.74) is -0.0812. The number of nitrogens with zero attached hydrogens (tertiary/aromatic N) is 1. The smallest absolute Gasteiger partial charge is 1.00 e. The maximum atomic E-state index is 13.6. The number of halogens is 1. The molecule has 1 N–H and O–H groups in total. The summed E-state index contributed by atoms with van der Waals surface area (Å²) in [6, 6.07) is 6.79. The van der Waals surface area contributed by atoms with Crippen LogP contribution in [0.4, 0.5) is 4.39 Å². The number of piperidine rings is 3. The van der Waals surface area contributed by atoms with Gasteiger partial charge in [-0.05, 0) is 43.5 Å². The first-order valence-electron chi connectivity index (χ1n) is 6.35. The van der Waals surface area contributed by atoms with Gasteiger partial charge in [0.25, 0.3) is 0 Å². The summed E-state index contributed by atoms with van der Waals surface area (Å²) in [6.45, 7) is 2.88. The Morgan fingerprint density at radius 2 is 2.00 bits per heavy atom. The van der Waals surface area contributed by atoms with Crippen molar-refractivity contribution in [1.82, 2.24) is 4.90 Å². The summed E-state index contributed by atoms with van der Waals surface area (Å²) >= 11 is 0. The van der Waals surface area contributed by atoms with E-state index in [9.17, 15) is 9.50 Å². The minimum atomic E-state index is -0.724. The van der Waals surface area contributed by atoms with Crippen LogP contribution in [0.15, 0.2) is 24.3 Å². The molecule has 1 atom stereocenters. The Balaban J connectivity index is 0.00000120. The summed E-state index contributed by atoms with van der Waals surface area (Å²) in [5.74, 6) is 0.143. The van der Waals surface area contributed by atoms with Crippen LogP contribution >= 0.6 is 0 Å². The number of benzene rings is 1. The van der Waals surface area contributed by atoms with Gasteiger partial charge in [0.2, 0.25) is 0 Å². The molecular weight excluding hydrogens is 241 g/mol. The van der Waals surface area contributed by atoms with Crippen molar-refractivity contribution in [3.05, 3.63) is 35.6 Å². The van der Waals surface area contributed by atoms with E-state index in [0.717, 1.165) is 25.9 Å². The number of fused-ring (bicyclic) bond motifs is 3. The Bertz CT molecular complexity index is 429. The topological polar surface area (TPSA) is 23.5 Å². The van der Waals surface area contributed by atoms with Crippen LogP contribution in [-0.2, 0) is 6.42 Å². The van der Waals surface area contributed by atoms with Gasteiger partial charge in [0.1, 0.15) is 5.82 Å². The molecular formula is C14H20FMgNO. The molecule has 0 radical (unpaired) electrons. The molecule has 4 rings (SSSR count). The van der Waals surface area contributed by atoms with Gasteiger partial charge >= 0.3 is 23.1 Å². The van der Waals surface area contributed by atoms with E-state index in [-0.39, 0.29) is 31.7 Å². The molecule has 96 valence electrons. The largest absolute Gasteiger partial charge is 2.00 e. The van der Waals surface area contributed by atoms with E-state index in [2.05, 4.69) is 4.90 Å². The Morgan fingerprint density at radius 1 is 1.33 bits per heavy atom. The van der Waals surface area contributed by atoms with Crippen LogP contribution in [0.1, 0.15) is 21.3 Å². The van der Waals surface area contributed by atoms with Crippen molar-refractivity contribution in [3.8, 4) is 0 Å². The quantitative estimate of drug-likeness (QED) is 0.819. The molecule has 0 aliphatic carbocycles. The zero-order chi connectivity index (χ0) is 11.9. The summed E-state index contributed by atoms with van der Waals surface area (Å²) in [5, 5.41) is 10.7. The monoisotopic (exact) mass is 261 g/mol. The zero-order valence-electron chi connectivity index (χ0n) is 12.6. The second-order valence-electron chi connectivity index (χ2n) is 5.42. The molecule has 1 aromatic rings. The molecule has 1 aromatic carbocycles. The first-order valence-corrected chi connectivity index (χ1v) is 6.35. The number of hydrogen-bond acceptors (Lipinski definition) is 2. The molecule has 0 aromatic heterocycles. The molecule has 0 spiro atoms. The van der Waals surface area contributed by atoms with Gasteiger partial charge in [-0.2, -0.15) is 0 Å². The maximum absolute atomic E-state index is 13.6. The van der Waals surface area contributed by atoms with E-state index < -0.39 is 5.60 Å². The van der Waals surface area contributed by atoms with Gasteiger partial charge in [0, 0.05) is 13.0 Å². The normalized spacial score (nSPS) is 34.1. The van der Waals surface area contributed by atoms with Gasteiger partial charge in [0.15, 0.2) is 0 Å². The molecule has 0 saturated carbocycles. The van der Waals surface area contributed by atoms with Crippen molar-refractivity contribution in [2.75, 3.05) is 19.6 Å². The van der Waals surface area contributed by atoms with E-state index in [1.165, 1.54) is 6.07 Å². The van der Waals surface area contributed by atoms with Crippen LogP contribution in [-0.4, -0.2) is 58.3 Å². The Labute approximate surface area is 126 Å². The van der Waals surface area contributed by atoms with Crippen molar-refractivity contribution in [1.29, 1.82) is 0 Å². The Morgan fingerprint density at radius 3 is 2.56 bits per heavy atom. The number of hydrogen-bond donors (Lipinski definition) is 1. The molecule has 3 saturated heterocycles. The van der Waals surface area contributed by atoms with Crippen molar-refractivity contribution < 1.29 is 12.4 Å². The van der Waals surface area contributed by atoms with Gasteiger partial charge in [-0.1, -0.05) is 18.2 Å². The van der Waals surface area contributed by atoms with Gasteiger partial charge in [-0.25, -0.2) is 4.39 Å². The summed E-state index contributed by atoms with van der Waals surface area (Å²) in [6.07, 6.45) is 2.54. The average Bonchev–Trinajstić information content (AvgIpc) is 2.33. The summed E-state index contributed by atoms with van der Waals surface area (Å²) in [7, 11) is 0. The van der Waals surface area contributed by atoms with E-state index in [1.807, 2.05) is 6.07 Å². The van der Waals surface area contributed by atoms with Crippen LogP contribution in [0.25, 0.3) is 0 Å². The van der Waals surface area contributed by atoms with Crippen molar-refractivity contribution >= 4 is 23.1 Å². The first-order chi connectivity index (χ1) is 8.17. The fraction of sp³-hybridized carbons (Fsp3) is 0.571. The molecule has 3 fully saturated rings. The van der Waals surface area contributed by atoms with Crippen molar-refractivity contribution in [3.63, 3.8) is 0 Å². The zero-order valence-corrected chi connectivity index (χ0v) is 12.0. The molecule has 1 unspecified atom stereocenters. The molecule has 2 nitrogen and oxygen atoms in total. The Hall–Kier alpha value is -0.164. The molecule has 18 heavy (non-hydrogen) atoms. The summed E-state index contributed by atoms with van der Waals surface area (Å²) in [4.78, 5) is 2.29. The maximum Gasteiger partial charge on any atom is 2.00 e. The first kappa shape index (κ1) is 14.2. The predicted octanol–water partition coefficient (Wildman–Crippen LogP) is 1.67. The second-order valence-corrected chi connectivity index (χ2v) is 5.42. The molecule has 3 aliphatic rings. The number of rotatable bonds is 2.